The first kappa shape index (κ1) is 14.8. The van der Waals surface area contributed by atoms with E-state index in [0.717, 1.165) is 0 Å². The van der Waals surface area contributed by atoms with Crippen molar-refractivity contribution in [2.45, 2.75) is 12.6 Å². The summed E-state index contributed by atoms with van der Waals surface area (Å²) in [6.45, 7) is 2.38. The molecule has 0 spiro atoms. The van der Waals surface area contributed by atoms with Gasteiger partial charge in [-0.1, -0.05) is 102 Å². The van der Waals surface area contributed by atoms with Crippen molar-refractivity contribution in [2.24, 2.45) is 5.92 Å². The summed E-state index contributed by atoms with van der Waals surface area (Å²) in [4.78, 5) is 0. The predicted octanol–water partition coefficient (Wildman–Crippen LogP) is 4.97. The molecule has 0 amide bonds. The number of halogens is 1. The first-order valence-corrected chi connectivity index (χ1v) is 9.41. The monoisotopic (exact) mass is 356 g/mol. The summed E-state index contributed by atoms with van der Waals surface area (Å²) in [6, 6.07) is 21.9. The average molecular weight is 357 g/mol. The minimum Gasteiger partial charge on any atom is -0.0758 e. The van der Waals surface area contributed by atoms with Crippen molar-refractivity contribution in [1.29, 1.82) is 0 Å². The Bertz CT molecular complexity index is 606. The predicted molar refractivity (Wildman–Crippen MR) is 98.2 cm³/mol. The van der Waals surface area contributed by atoms with Gasteiger partial charge in [-0.2, -0.15) is 0 Å². The summed E-state index contributed by atoms with van der Waals surface area (Å²) >= 11 is 3.73. The van der Waals surface area contributed by atoms with E-state index in [9.17, 15) is 0 Å². The lowest BCUT2D eigenvalue weighted by molar-refractivity contribution is 0.790. The second-order valence-electron chi connectivity index (χ2n) is 5.24. The topological polar surface area (TPSA) is 0 Å². The van der Waals surface area contributed by atoms with E-state index in [2.05, 4.69) is 102 Å². The Morgan fingerprint density at radius 1 is 0.905 bits per heavy atom. The van der Waals surface area contributed by atoms with Crippen LogP contribution in [0.2, 0.25) is 0 Å². The lowest BCUT2D eigenvalue weighted by Crippen LogP contribution is -2.24. The molecule has 106 valence electrons. The fraction of sp³-hybridized carbons (Fsp3) is 0.158. The molecule has 0 bridgehead atoms. The third kappa shape index (κ3) is 3.20. The maximum Gasteiger partial charge on any atom is 0.0158 e. The van der Waals surface area contributed by atoms with E-state index in [4.69, 9.17) is 0 Å². The summed E-state index contributed by atoms with van der Waals surface area (Å²) in [7, 11) is -0.372. The molecule has 0 nitrogen and oxygen atoms in total. The molecule has 2 aromatic carbocycles. The Hall–Kier alpha value is -1.17. The van der Waals surface area contributed by atoms with Gasteiger partial charge in [0.2, 0.25) is 0 Å². The van der Waals surface area contributed by atoms with Crippen LogP contribution in [0.15, 0.2) is 83.4 Å². The summed E-state index contributed by atoms with van der Waals surface area (Å²) in [6.07, 6.45) is 6.65. The van der Waals surface area contributed by atoms with Gasteiger partial charge < -0.3 is 0 Å². The van der Waals surface area contributed by atoms with Crippen LogP contribution in [0, 0.1) is 5.92 Å². The van der Waals surface area contributed by atoms with E-state index in [1.165, 1.54) is 15.1 Å². The molecule has 3 rings (SSSR count). The SMILES string of the molecule is CC(C1C=CC=C1Br)P(c1ccccc1)c1ccccc1. The standard InChI is InChI=1S/C19H18BrP/c1-15(18-13-8-14-19(18)20)21(16-9-4-2-5-10-16)17-11-6-3-7-12-17/h2-15,18H,1H3. The Morgan fingerprint density at radius 3 is 1.86 bits per heavy atom. The van der Waals surface area contributed by atoms with Crippen LogP contribution < -0.4 is 10.6 Å². The maximum absolute atomic E-state index is 3.73. The lowest BCUT2D eigenvalue weighted by Gasteiger charge is -2.29. The van der Waals surface area contributed by atoms with Crippen molar-refractivity contribution in [3.63, 3.8) is 0 Å². The zero-order valence-electron chi connectivity index (χ0n) is 12.0. The lowest BCUT2D eigenvalue weighted by atomic mass is 10.1. The molecule has 0 aromatic heterocycles. The van der Waals surface area contributed by atoms with Crippen LogP contribution >= 0.6 is 23.9 Å². The summed E-state index contributed by atoms with van der Waals surface area (Å²) in [5.41, 5.74) is 0.564. The number of allylic oxidation sites excluding steroid dienone is 4. The zero-order valence-corrected chi connectivity index (χ0v) is 14.5. The van der Waals surface area contributed by atoms with Gasteiger partial charge in [-0.3, -0.25) is 0 Å². The van der Waals surface area contributed by atoms with Gasteiger partial charge >= 0.3 is 0 Å². The highest BCUT2D eigenvalue weighted by atomic mass is 79.9. The van der Waals surface area contributed by atoms with Crippen molar-refractivity contribution >= 4 is 34.5 Å². The fourth-order valence-electron chi connectivity index (χ4n) is 2.82. The summed E-state index contributed by atoms with van der Waals surface area (Å²) in [5, 5.41) is 2.90. The molecule has 0 radical (unpaired) electrons. The van der Waals surface area contributed by atoms with Gasteiger partial charge in [-0.15, -0.1) is 0 Å². The third-order valence-electron chi connectivity index (χ3n) is 3.89. The normalized spacial score (nSPS) is 18.8. The van der Waals surface area contributed by atoms with Gasteiger partial charge in [0, 0.05) is 10.4 Å². The van der Waals surface area contributed by atoms with E-state index in [0.29, 0.717) is 11.6 Å². The van der Waals surface area contributed by atoms with Crippen LogP contribution in [-0.2, 0) is 0 Å². The molecule has 2 aromatic rings. The number of hydrogen-bond acceptors (Lipinski definition) is 0. The highest BCUT2D eigenvalue weighted by Crippen LogP contribution is 2.47. The Kier molecular flexibility index (Phi) is 4.73. The molecule has 0 aliphatic heterocycles. The quantitative estimate of drug-likeness (QED) is 0.678. The second kappa shape index (κ2) is 6.73. The Morgan fingerprint density at radius 2 is 1.43 bits per heavy atom. The smallest absolute Gasteiger partial charge is 0.0158 e. The highest BCUT2D eigenvalue weighted by molar-refractivity contribution is 9.11. The summed E-state index contributed by atoms with van der Waals surface area (Å²) < 4.78 is 1.30. The molecule has 0 fully saturated rings. The van der Waals surface area contributed by atoms with Crippen molar-refractivity contribution in [3.8, 4) is 0 Å². The van der Waals surface area contributed by atoms with Gasteiger partial charge in [0.05, 0.1) is 0 Å². The maximum atomic E-state index is 3.73. The van der Waals surface area contributed by atoms with Crippen molar-refractivity contribution in [3.05, 3.63) is 83.4 Å². The van der Waals surface area contributed by atoms with Crippen LogP contribution in [0.1, 0.15) is 6.92 Å². The number of benzene rings is 2. The zero-order chi connectivity index (χ0) is 14.7. The minimum absolute atomic E-state index is 0.372. The van der Waals surface area contributed by atoms with Crippen LogP contribution in [0.5, 0.6) is 0 Å². The Labute approximate surface area is 136 Å². The van der Waals surface area contributed by atoms with Crippen LogP contribution in [0.25, 0.3) is 0 Å². The number of hydrogen-bond donors (Lipinski definition) is 0. The van der Waals surface area contributed by atoms with E-state index in [-0.39, 0.29) is 7.92 Å². The van der Waals surface area contributed by atoms with E-state index in [1.807, 2.05) is 0 Å². The first-order chi connectivity index (χ1) is 10.3. The van der Waals surface area contributed by atoms with E-state index >= 15 is 0 Å². The molecule has 2 atom stereocenters. The van der Waals surface area contributed by atoms with Crippen molar-refractivity contribution in [1.82, 2.24) is 0 Å². The average Bonchev–Trinajstić information content (AvgIpc) is 2.96. The molecule has 2 unspecified atom stereocenters. The molecular weight excluding hydrogens is 339 g/mol. The van der Waals surface area contributed by atoms with Crippen LogP contribution in [-0.4, -0.2) is 5.66 Å². The molecule has 2 heteroatoms. The minimum atomic E-state index is -0.372. The van der Waals surface area contributed by atoms with Crippen LogP contribution in [0.4, 0.5) is 0 Å². The molecule has 21 heavy (non-hydrogen) atoms. The van der Waals surface area contributed by atoms with Gasteiger partial charge in [-0.25, -0.2) is 0 Å². The molecule has 0 saturated carbocycles. The van der Waals surface area contributed by atoms with E-state index in [1.54, 1.807) is 0 Å². The van der Waals surface area contributed by atoms with Gasteiger partial charge in [0.15, 0.2) is 0 Å². The van der Waals surface area contributed by atoms with Crippen molar-refractivity contribution < 1.29 is 0 Å². The number of rotatable bonds is 4. The third-order valence-corrected chi connectivity index (χ3v) is 7.53. The first-order valence-electron chi connectivity index (χ1n) is 7.20. The Balaban J connectivity index is 2.01. The highest BCUT2D eigenvalue weighted by Gasteiger charge is 2.29. The molecule has 0 N–H and O–H groups in total. The van der Waals surface area contributed by atoms with Crippen LogP contribution in [0.3, 0.4) is 0 Å². The largest absolute Gasteiger partial charge is 0.0758 e. The van der Waals surface area contributed by atoms with E-state index < -0.39 is 0 Å². The van der Waals surface area contributed by atoms with Gasteiger partial charge in [0.25, 0.3) is 0 Å². The summed E-state index contributed by atoms with van der Waals surface area (Å²) in [5.74, 6) is 0.483. The second-order valence-corrected chi connectivity index (χ2v) is 8.75. The van der Waals surface area contributed by atoms with Gasteiger partial charge in [0.1, 0.15) is 0 Å². The van der Waals surface area contributed by atoms with Crippen molar-refractivity contribution in [2.75, 3.05) is 0 Å². The molecular formula is C19H18BrP. The molecule has 0 heterocycles. The molecule has 1 aliphatic rings. The molecule has 1 aliphatic carbocycles. The molecule has 0 saturated heterocycles. The van der Waals surface area contributed by atoms with Gasteiger partial charge in [-0.05, 0) is 24.2 Å². The fourth-order valence-corrected chi connectivity index (χ4v) is 6.53.